The summed E-state index contributed by atoms with van der Waals surface area (Å²) in [6.45, 7) is 1.83. The third kappa shape index (κ3) is 2.63. The van der Waals surface area contributed by atoms with E-state index in [2.05, 4.69) is 5.10 Å². The summed E-state index contributed by atoms with van der Waals surface area (Å²) in [4.78, 5) is 35.9. The summed E-state index contributed by atoms with van der Waals surface area (Å²) in [5, 5.41) is 16.1. The number of nitro groups is 1. The number of amides is 2. The summed E-state index contributed by atoms with van der Waals surface area (Å²) in [6.07, 6.45) is 6.27. The Morgan fingerprint density at radius 1 is 1.14 bits per heavy atom. The van der Waals surface area contributed by atoms with Crippen LogP contribution in [0.4, 0.5) is 5.69 Å². The van der Waals surface area contributed by atoms with E-state index in [1.54, 1.807) is 18.2 Å². The van der Waals surface area contributed by atoms with E-state index in [1.165, 1.54) is 18.3 Å². The minimum absolute atomic E-state index is 0.0275. The van der Waals surface area contributed by atoms with E-state index in [-0.39, 0.29) is 41.2 Å². The zero-order chi connectivity index (χ0) is 20.3. The lowest BCUT2D eigenvalue weighted by Gasteiger charge is -2.13. The fraction of sp³-hybridized carbons (Fsp3) is 0.286. The predicted octanol–water partition coefficient (Wildman–Crippen LogP) is 3.30. The Bertz CT molecular complexity index is 1090. The van der Waals surface area contributed by atoms with Crippen molar-refractivity contribution in [2.75, 3.05) is 0 Å². The van der Waals surface area contributed by atoms with Crippen LogP contribution >= 0.6 is 0 Å². The van der Waals surface area contributed by atoms with Crippen molar-refractivity contribution >= 4 is 23.7 Å². The van der Waals surface area contributed by atoms with Gasteiger partial charge in [-0.25, -0.2) is 0 Å². The monoisotopic (exact) mass is 391 g/mol. The SMILES string of the molecule is Cc1ccc([N+](=O)[O-])cc1-c1ccc(/C=N\N2C(=O)[C@@H]3[C@H](C2=O)[C@@H]2C=C[C@H]3C2)o1. The maximum absolute atomic E-state index is 12.6. The number of hydrazone groups is 1. The van der Waals surface area contributed by atoms with Crippen molar-refractivity contribution in [3.8, 4) is 11.3 Å². The minimum Gasteiger partial charge on any atom is -0.455 e. The van der Waals surface area contributed by atoms with Gasteiger partial charge in [-0.15, -0.1) is 0 Å². The normalized spacial score (nSPS) is 27.4. The molecule has 2 aromatic rings. The second-order valence-corrected chi connectivity index (χ2v) is 7.69. The summed E-state index contributed by atoms with van der Waals surface area (Å²) >= 11 is 0. The number of nitrogens with zero attached hydrogens (tertiary/aromatic N) is 3. The molecule has 1 aromatic carbocycles. The molecular formula is C21H17N3O5. The third-order valence-corrected chi connectivity index (χ3v) is 6.07. The van der Waals surface area contributed by atoms with Gasteiger partial charge in [0.15, 0.2) is 0 Å². The topological polar surface area (TPSA) is 106 Å². The molecule has 1 saturated heterocycles. The quantitative estimate of drug-likeness (QED) is 0.261. The fourth-order valence-electron chi connectivity index (χ4n) is 4.67. The first kappa shape index (κ1) is 17.5. The molecule has 0 unspecified atom stereocenters. The Hall–Kier alpha value is -3.55. The number of fused-ring (bicyclic) bond motifs is 5. The lowest BCUT2D eigenvalue weighted by Crippen LogP contribution is -2.28. The molecule has 4 atom stereocenters. The molecule has 2 fully saturated rings. The van der Waals surface area contributed by atoms with Crippen LogP contribution < -0.4 is 0 Å². The van der Waals surface area contributed by atoms with Crippen molar-refractivity contribution in [3.05, 3.63) is 63.9 Å². The molecule has 2 heterocycles. The summed E-state index contributed by atoms with van der Waals surface area (Å²) in [7, 11) is 0. The first-order valence-electron chi connectivity index (χ1n) is 9.39. The molecule has 8 nitrogen and oxygen atoms in total. The number of furan rings is 1. The van der Waals surface area contributed by atoms with Gasteiger partial charge in [0.25, 0.3) is 17.5 Å². The summed E-state index contributed by atoms with van der Waals surface area (Å²) in [5.41, 5.74) is 1.40. The molecule has 0 radical (unpaired) electrons. The van der Waals surface area contributed by atoms with Gasteiger partial charge < -0.3 is 4.42 Å². The molecule has 8 heteroatoms. The van der Waals surface area contributed by atoms with Crippen LogP contribution in [0.1, 0.15) is 17.7 Å². The zero-order valence-corrected chi connectivity index (χ0v) is 15.5. The fourth-order valence-corrected chi connectivity index (χ4v) is 4.67. The maximum Gasteiger partial charge on any atom is 0.270 e. The first-order chi connectivity index (χ1) is 13.9. The highest BCUT2D eigenvalue weighted by Crippen LogP contribution is 2.52. The molecule has 29 heavy (non-hydrogen) atoms. The maximum atomic E-state index is 12.6. The number of carbonyl (C=O) groups excluding carboxylic acids is 2. The number of aryl methyl sites for hydroxylation is 1. The summed E-state index contributed by atoms with van der Waals surface area (Å²) in [5.74, 6) is -0.0367. The van der Waals surface area contributed by atoms with Gasteiger partial charge in [0.2, 0.25) is 0 Å². The predicted molar refractivity (Wildman–Crippen MR) is 103 cm³/mol. The first-order valence-corrected chi connectivity index (χ1v) is 9.39. The average Bonchev–Trinajstić information content (AvgIpc) is 3.46. The van der Waals surface area contributed by atoms with Gasteiger partial charge in [0.05, 0.1) is 23.0 Å². The Morgan fingerprint density at radius 2 is 1.83 bits per heavy atom. The smallest absolute Gasteiger partial charge is 0.270 e. The molecule has 1 saturated carbocycles. The van der Waals surface area contributed by atoms with E-state index in [0.29, 0.717) is 17.1 Å². The Morgan fingerprint density at radius 3 is 2.48 bits per heavy atom. The van der Waals surface area contributed by atoms with Gasteiger partial charge >= 0.3 is 0 Å². The van der Waals surface area contributed by atoms with Crippen molar-refractivity contribution in [1.82, 2.24) is 5.01 Å². The van der Waals surface area contributed by atoms with Crippen LogP contribution in [0.25, 0.3) is 11.3 Å². The molecule has 2 aliphatic carbocycles. The van der Waals surface area contributed by atoms with Crippen molar-refractivity contribution in [2.45, 2.75) is 13.3 Å². The Labute approximate surface area is 165 Å². The van der Waals surface area contributed by atoms with Gasteiger partial charge in [-0.3, -0.25) is 19.7 Å². The van der Waals surface area contributed by atoms with Crippen LogP contribution in [0, 0.1) is 40.7 Å². The number of rotatable bonds is 4. The molecule has 0 spiro atoms. The minimum atomic E-state index is -0.461. The lowest BCUT2D eigenvalue weighted by atomic mass is 9.85. The number of non-ortho nitro benzene ring substituents is 1. The van der Waals surface area contributed by atoms with E-state index in [1.807, 2.05) is 19.1 Å². The highest BCUT2D eigenvalue weighted by atomic mass is 16.6. The van der Waals surface area contributed by atoms with Gasteiger partial charge in [-0.05, 0) is 42.9 Å². The largest absolute Gasteiger partial charge is 0.455 e. The number of imide groups is 1. The number of benzene rings is 1. The van der Waals surface area contributed by atoms with E-state index in [4.69, 9.17) is 4.42 Å². The molecule has 1 aliphatic heterocycles. The molecule has 2 amide bonds. The van der Waals surface area contributed by atoms with Crippen LogP contribution in [-0.2, 0) is 9.59 Å². The third-order valence-electron chi connectivity index (χ3n) is 6.07. The highest BCUT2D eigenvalue weighted by molar-refractivity contribution is 6.06. The van der Waals surface area contributed by atoms with E-state index in [0.717, 1.165) is 17.0 Å². The van der Waals surface area contributed by atoms with Crippen LogP contribution in [0.5, 0.6) is 0 Å². The number of nitro benzene ring substituents is 1. The van der Waals surface area contributed by atoms with Crippen molar-refractivity contribution in [1.29, 1.82) is 0 Å². The van der Waals surface area contributed by atoms with E-state index in [9.17, 15) is 19.7 Å². The molecule has 0 N–H and O–H groups in total. The van der Waals surface area contributed by atoms with Gasteiger partial charge in [0.1, 0.15) is 11.5 Å². The van der Waals surface area contributed by atoms with Crippen molar-refractivity contribution in [2.24, 2.45) is 28.8 Å². The molecule has 3 aliphatic rings. The Balaban J connectivity index is 1.38. The highest BCUT2D eigenvalue weighted by Gasteiger charge is 2.59. The molecule has 1 aromatic heterocycles. The Kier molecular flexibility index (Phi) is 3.77. The van der Waals surface area contributed by atoms with Crippen molar-refractivity contribution < 1.29 is 18.9 Å². The van der Waals surface area contributed by atoms with Gasteiger partial charge in [0, 0.05) is 17.7 Å². The van der Waals surface area contributed by atoms with Crippen LogP contribution in [-0.4, -0.2) is 28.0 Å². The number of carbonyl (C=O) groups is 2. The van der Waals surface area contributed by atoms with E-state index >= 15 is 0 Å². The zero-order valence-electron chi connectivity index (χ0n) is 15.5. The lowest BCUT2D eigenvalue weighted by molar-refractivity contribution is -0.384. The van der Waals surface area contributed by atoms with Crippen molar-refractivity contribution in [3.63, 3.8) is 0 Å². The number of hydrogen-bond donors (Lipinski definition) is 0. The second kappa shape index (κ2) is 6.23. The van der Waals surface area contributed by atoms with Gasteiger partial charge in [-0.2, -0.15) is 10.1 Å². The molecule has 146 valence electrons. The van der Waals surface area contributed by atoms with Crippen LogP contribution in [0.3, 0.4) is 0 Å². The summed E-state index contributed by atoms with van der Waals surface area (Å²) < 4.78 is 5.73. The summed E-state index contributed by atoms with van der Waals surface area (Å²) in [6, 6.07) is 7.88. The van der Waals surface area contributed by atoms with Gasteiger partial charge in [-0.1, -0.05) is 18.2 Å². The molecular weight excluding hydrogens is 374 g/mol. The average molecular weight is 391 g/mol. The number of allylic oxidation sites excluding steroid dienone is 2. The number of hydrogen-bond acceptors (Lipinski definition) is 6. The molecule has 2 bridgehead atoms. The van der Waals surface area contributed by atoms with Crippen LogP contribution in [0.2, 0.25) is 0 Å². The second-order valence-electron chi connectivity index (χ2n) is 7.69. The van der Waals surface area contributed by atoms with Crippen LogP contribution in [0.15, 0.2) is 52.0 Å². The molecule has 5 rings (SSSR count). The van der Waals surface area contributed by atoms with E-state index < -0.39 is 4.92 Å². The standard InChI is InChI=1S/C21H17N3O5/c1-11-2-5-14(24(27)28)9-16(11)17-7-6-15(29-17)10-22-23-20(25)18-12-3-4-13(8-12)19(18)21(23)26/h2-7,9-10,12-13,18-19H,8H2,1H3/b22-10-/t12-,13+,18-,19+.